The molecular formula is C20H21NO7. The molecule has 0 unspecified atom stereocenters. The number of amides is 1. The molecular weight excluding hydrogens is 366 g/mol. The zero-order valence-corrected chi connectivity index (χ0v) is 15.8. The van der Waals surface area contributed by atoms with Crippen molar-refractivity contribution in [2.24, 2.45) is 0 Å². The van der Waals surface area contributed by atoms with E-state index in [-0.39, 0.29) is 13.2 Å². The van der Waals surface area contributed by atoms with Gasteiger partial charge in [0.2, 0.25) is 6.79 Å². The minimum absolute atomic E-state index is 0.00198. The Morgan fingerprint density at radius 3 is 2.54 bits per heavy atom. The molecule has 0 radical (unpaired) electrons. The number of hydrogen-bond donors (Lipinski definition) is 1. The van der Waals surface area contributed by atoms with E-state index >= 15 is 0 Å². The molecule has 0 bridgehead atoms. The summed E-state index contributed by atoms with van der Waals surface area (Å²) in [6, 6.07) is 10.2. The molecule has 8 heteroatoms. The van der Waals surface area contributed by atoms with E-state index in [1.54, 1.807) is 36.4 Å². The van der Waals surface area contributed by atoms with Crippen molar-refractivity contribution in [3.63, 3.8) is 0 Å². The number of fused-ring (bicyclic) bond motifs is 1. The molecule has 0 aliphatic carbocycles. The molecule has 0 saturated carbocycles. The molecule has 8 nitrogen and oxygen atoms in total. The fourth-order valence-corrected chi connectivity index (χ4v) is 2.67. The van der Waals surface area contributed by atoms with Crippen LogP contribution in [0.4, 0.5) is 5.69 Å². The number of rotatable bonds is 7. The third-order valence-electron chi connectivity index (χ3n) is 4.11. The van der Waals surface area contributed by atoms with Crippen LogP contribution < -0.4 is 24.3 Å². The molecule has 1 aliphatic heterocycles. The number of methoxy groups -OCH3 is 2. The summed E-state index contributed by atoms with van der Waals surface area (Å²) < 4.78 is 26.1. The van der Waals surface area contributed by atoms with Crippen LogP contribution in [0.1, 0.15) is 12.5 Å². The summed E-state index contributed by atoms with van der Waals surface area (Å²) in [5.41, 5.74) is 1.21. The predicted molar refractivity (Wildman–Crippen MR) is 100.0 cm³/mol. The van der Waals surface area contributed by atoms with Crippen LogP contribution in [0.15, 0.2) is 36.4 Å². The molecule has 28 heavy (non-hydrogen) atoms. The summed E-state index contributed by atoms with van der Waals surface area (Å²) in [4.78, 5) is 24.5. The lowest BCUT2D eigenvalue weighted by atomic mass is 10.1. The Kier molecular flexibility index (Phi) is 5.88. The monoisotopic (exact) mass is 387 g/mol. The second-order valence-corrected chi connectivity index (χ2v) is 6.06. The Balaban J connectivity index is 1.55. The standard InChI is InChI=1S/C20H21NO7/c1-12(20(23)21-14-5-7-16-18(10-14)27-11-26-16)28-19(22)9-13-4-6-15(24-2)17(8-13)25-3/h4-8,10,12H,9,11H2,1-3H3,(H,21,23)/t12-/m0/s1. The first-order chi connectivity index (χ1) is 13.5. The molecule has 3 rings (SSSR count). The van der Waals surface area contributed by atoms with Gasteiger partial charge < -0.3 is 29.0 Å². The van der Waals surface area contributed by atoms with Crippen molar-refractivity contribution < 1.29 is 33.3 Å². The number of hydrogen-bond acceptors (Lipinski definition) is 7. The zero-order chi connectivity index (χ0) is 20.1. The van der Waals surface area contributed by atoms with Gasteiger partial charge in [0.25, 0.3) is 5.91 Å². The van der Waals surface area contributed by atoms with E-state index in [4.69, 9.17) is 23.7 Å². The Morgan fingerprint density at radius 2 is 1.79 bits per heavy atom. The minimum Gasteiger partial charge on any atom is -0.493 e. The van der Waals surface area contributed by atoms with Crippen molar-refractivity contribution in [3.05, 3.63) is 42.0 Å². The summed E-state index contributed by atoms with van der Waals surface area (Å²) in [7, 11) is 3.05. The van der Waals surface area contributed by atoms with Crippen molar-refractivity contribution in [2.75, 3.05) is 26.3 Å². The maximum absolute atomic E-state index is 12.3. The van der Waals surface area contributed by atoms with Crippen LogP contribution in [0.5, 0.6) is 23.0 Å². The van der Waals surface area contributed by atoms with Crippen LogP contribution in [0.3, 0.4) is 0 Å². The molecule has 1 atom stereocenters. The van der Waals surface area contributed by atoms with Crippen molar-refractivity contribution >= 4 is 17.6 Å². The van der Waals surface area contributed by atoms with Crippen molar-refractivity contribution in [2.45, 2.75) is 19.4 Å². The van der Waals surface area contributed by atoms with Gasteiger partial charge in [0.15, 0.2) is 29.1 Å². The van der Waals surface area contributed by atoms with Crippen LogP contribution in [0.25, 0.3) is 0 Å². The number of carbonyl (C=O) groups excluding carboxylic acids is 2. The van der Waals surface area contributed by atoms with E-state index in [2.05, 4.69) is 5.32 Å². The summed E-state index contributed by atoms with van der Waals surface area (Å²) in [6.07, 6.45) is -0.958. The van der Waals surface area contributed by atoms with Gasteiger partial charge in [-0.1, -0.05) is 6.07 Å². The van der Waals surface area contributed by atoms with E-state index in [9.17, 15) is 9.59 Å². The number of esters is 1. The molecule has 148 valence electrons. The highest BCUT2D eigenvalue weighted by Crippen LogP contribution is 2.34. The molecule has 0 spiro atoms. The van der Waals surface area contributed by atoms with Crippen LogP contribution in [-0.2, 0) is 20.7 Å². The normalized spacial score (nSPS) is 12.8. The molecule has 0 fully saturated rings. The topological polar surface area (TPSA) is 92.3 Å². The number of benzene rings is 2. The molecule has 1 heterocycles. The van der Waals surface area contributed by atoms with Gasteiger partial charge in [-0.2, -0.15) is 0 Å². The summed E-state index contributed by atoms with van der Waals surface area (Å²) in [5.74, 6) is 1.28. The fourth-order valence-electron chi connectivity index (χ4n) is 2.67. The first-order valence-corrected chi connectivity index (χ1v) is 8.61. The third-order valence-corrected chi connectivity index (χ3v) is 4.11. The Hall–Kier alpha value is -3.42. The zero-order valence-electron chi connectivity index (χ0n) is 15.8. The summed E-state index contributed by atoms with van der Waals surface area (Å²) in [5, 5.41) is 2.69. The highest BCUT2D eigenvalue weighted by Gasteiger charge is 2.20. The number of anilines is 1. The second-order valence-electron chi connectivity index (χ2n) is 6.06. The second kappa shape index (κ2) is 8.51. The van der Waals surface area contributed by atoms with Crippen LogP contribution in [0.2, 0.25) is 0 Å². The predicted octanol–water partition coefficient (Wildman–Crippen LogP) is 2.55. The fraction of sp³-hybridized carbons (Fsp3) is 0.300. The van der Waals surface area contributed by atoms with Crippen molar-refractivity contribution in [3.8, 4) is 23.0 Å². The summed E-state index contributed by atoms with van der Waals surface area (Å²) >= 11 is 0. The lowest BCUT2D eigenvalue weighted by Crippen LogP contribution is -2.30. The average Bonchev–Trinajstić information content (AvgIpc) is 3.15. The van der Waals surface area contributed by atoms with Crippen molar-refractivity contribution in [1.82, 2.24) is 0 Å². The van der Waals surface area contributed by atoms with Gasteiger partial charge in [-0.15, -0.1) is 0 Å². The van der Waals surface area contributed by atoms with E-state index in [0.717, 1.165) is 0 Å². The van der Waals surface area contributed by atoms with Crippen LogP contribution >= 0.6 is 0 Å². The molecule has 2 aromatic rings. The lowest BCUT2D eigenvalue weighted by Gasteiger charge is -2.14. The Labute approximate surface area is 162 Å². The van der Waals surface area contributed by atoms with E-state index < -0.39 is 18.0 Å². The maximum atomic E-state index is 12.3. The Morgan fingerprint density at radius 1 is 1.04 bits per heavy atom. The molecule has 1 N–H and O–H groups in total. The molecule has 2 aromatic carbocycles. The largest absolute Gasteiger partial charge is 0.493 e. The number of nitrogens with one attached hydrogen (secondary N) is 1. The van der Waals surface area contributed by atoms with E-state index in [0.29, 0.717) is 34.2 Å². The molecule has 0 aromatic heterocycles. The smallest absolute Gasteiger partial charge is 0.311 e. The highest BCUT2D eigenvalue weighted by molar-refractivity contribution is 5.95. The first kappa shape index (κ1) is 19.3. The van der Waals surface area contributed by atoms with Crippen LogP contribution in [-0.4, -0.2) is 39.0 Å². The third kappa shape index (κ3) is 4.46. The molecule has 1 amide bonds. The Bertz CT molecular complexity index is 881. The van der Waals surface area contributed by atoms with Crippen molar-refractivity contribution in [1.29, 1.82) is 0 Å². The SMILES string of the molecule is COc1ccc(CC(=O)O[C@@H](C)C(=O)Nc2ccc3c(c2)OCO3)cc1OC. The van der Waals surface area contributed by atoms with Gasteiger partial charge in [-0.25, -0.2) is 0 Å². The van der Waals surface area contributed by atoms with E-state index in [1.807, 2.05) is 0 Å². The minimum atomic E-state index is -0.960. The lowest BCUT2D eigenvalue weighted by molar-refractivity contribution is -0.152. The quantitative estimate of drug-likeness (QED) is 0.730. The number of carbonyl (C=O) groups is 2. The molecule has 0 saturated heterocycles. The number of ether oxygens (including phenoxy) is 5. The highest BCUT2D eigenvalue weighted by atomic mass is 16.7. The average molecular weight is 387 g/mol. The first-order valence-electron chi connectivity index (χ1n) is 8.61. The van der Waals surface area contributed by atoms with Gasteiger partial charge in [-0.3, -0.25) is 9.59 Å². The molecule has 1 aliphatic rings. The van der Waals surface area contributed by atoms with Gasteiger partial charge in [0.1, 0.15) is 0 Å². The maximum Gasteiger partial charge on any atom is 0.311 e. The van der Waals surface area contributed by atoms with Gasteiger partial charge in [0, 0.05) is 11.8 Å². The van der Waals surface area contributed by atoms with Gasteiger partial charge >= 0.3 is 5.97 Å². The van der Waals surface area contributed by atoms with Gasteiger partial charge in [0.05, 0.1) is 20.6 Å². The van der Waals surface area contributed by atoms with Gasteiger partial charge in [-0.05, 0) is 36.8 Å². The summed E-state index contributed by atoms with van der Waals surface area (Å²) in [6.45, 7) is 1.66. The van der Waals surface area contributed by atoms with E-state index in [1.165, 1.54) is 21.1 Å². The van der Waals surface area contributed by atoms with Crippen LogP contribution in [0, 0.1) is 0 Å².